The molecule has 0 aromatic rings. The summed E-state index contributed by atoms with van der Waals surface area (Å²) in [4.78, 5) is 0. The molecular weight excluding hydrogens is 100 g/mol. The van der Waals surface area contributed by atoms with Crippen LogP contribution in [0.4, 0.5) is 0 Å². The van der Waals surface area contributed by atoms with Crippen LogP contribution in [0, 0.1) is 0 Å². The van der Waals surface area contributed by atoms with E-state index in [-0.39, 0.29) is 0 Å². The first-order chi connectivity index (χ1) is 3.91. The van der Waals surface area contributed by atoms with Crippen LogP contribution >= 0.6 is 0 Å². The Morgan fingerprint density at radius 3 is 2.12 bits per heavy atom. The van der Waals surface area contributed by atoms with Gasteiger partial charge in [-0.05, 0) is 19.4 Å². The molecule has 0 unspecified atom stereocenters. The van der Waals surface area contributed by atoms with E-state index in [1.807, 2.05) is 0 Å². The molecule has 48 valence electrons. The van der Waals surface area contributed by atoms with Crippen molar-refractivity contribution in [1.29, 1.82) is 0 Å². The number of hydrogen-bond donors (Lipinski definition) is 1. The minimum Gasteiger partial charge on any atom is -0.330 e. The molecule has 0 aromatic carbocycles. The van der Waals surface area contributed by atoms with Crippen LogP contribution in [-0.4, -0.2) is 13.1 Å². The summed E-state index contributed by atoms with van der Waals surface area (Å²) < 4.78 is 0. The molecule has 0 atom stereocenters. The molecule has 2 radical (unpaired) electrons. The highest BCUT2D eigenvalue weighted by atomic mass is 14.5. The Bertz CT molecular complexity index is 31.5. The molecule has 2 N–H and O–H groups in total. The van der Waals surface area contributed by atoms with Crippen molar-refractivity contribution in [3.8, 4) is 0 Å². The van der Waals surface area contributed by atoms with Gasteiger partial charge in [-0.25, -0.2) is 0 Å². The Labute approximate surface area is 51.2 Å². The molecule has 0 rings (SSSR count). The van der Waals surface area contributed by atoms with Gasteiger partial charge in [0.2, 0.25) is 0 Å². The van der Waals surface area contributed by atoms with Crippen molar-refractivity contribution in [1.82, 2.24) is 5.73 Å². The minimum atomic E-state index is 0.324. The highest BCUT2D eigenvalue weighted by molar-refractivity contribution is 4.42. The maximum Gasteiger partial charge on any atom is 0.0321 e. The average molecular weight is 114 g/mol. The molecular formula is C6H14N2. The topological polar surface area (TPSA) is 48.3 Å². The minimum absolute atomic E-state index is 0.324. The monoisotopic (exact) mass is 114 g/mol. The van der Waals surface area contributed by atoms with E-state index in [4.69, 9.17) is 11.5 Å². The van der Waals surface area contributed by atoms with E-state index < -0.39 is 0 Å². The van der Waals surface area contributed by atoms with E-state index in [9.17, 15) is 0 Å². The predicted octanol–water partition coefficient (Wildman–Crippen LogP) is 0.574. The summed E-state index contributed by atoms with van der Waals surface area (Å²) in [5, 5.41) is 0. The van der Waals surface area contributed by atoms with Crippen LogP contribution in [-0.2, 0) is 0 Å². The maximum atomic E-state index is 8.33. The SMILES string of the molecule is [N]CCCCCCN. The first-order valence-electron chi connectivity index (χ1n) is 3.22. The van der Waals surface area contributed by atoms with Crippen molar-refractivity contribution in [2.75, 3.05) is 13.1 Å². The third-order valence-electron chi connectivity index (χ3n) is 1.11. The molecule has 0 saturated heterocycles. The lowest BCUT2D eigenvalue weighted by molar-refractivity contribution is 0.649. The van der Waals surface area contributed by atoms with Crippen LogP contribution in [0.5, 0.6) is 0 Å². The van der Waals surface area contributed by atoms with Gasteiger partial charge in [0.15, 0.2) is 0 Å². The quantitative estimate of drug-likeness (QED) is 0.522. The second-order valence-corrected chi connectivity index (χ2v) is 1.93. The van der Waals surface area contributed by atoms with Gasteiger partial charge in [-0.1, -0.05) is 12.8 Å². The van der Waals surface area contributed by atoms with Gasteiger partial charge in [0.1, 0.15) is 0 Å². The number of nitrogens with two attached hydrogens (primary N) is 1. The molecule has 0 aromatic heterocycles. The van der Waals surface area contributed by atoms with Gasteiger partial charge >= 0.3 is 0 Å². The Morgan fingerprint density at radius 1 is 1.00 bits per heavy atom. The standard InChI is InChI=1S/C6H14N2/c7-5-3-1-2-4-6-8/h1-7H2. The van der Waals surface area contributed by atoms with Crippen LogP contribution in [0.25, 0.3) is 0 Å². The predicted molar refractivity (Wildman–Crippen MR) is 34.5 cm³/mol. The molecule has 0 bridgehead atoms. The van der Waals surface area contributed by atoms with Gasteiger partial charge in [0.25, 0.3) is 0 Å². The highest BCUT2D eigenvalue weighted by Crippen LogP contribution is 1.95. The van der Waals surface area contributed by atoms with Crippen molar-refractivity contribution in [3.63, 3.8) is 0 Å². The molecule has 2 nitrogen and oxygen atoms in total. The molecule has 0 aliphatic carbocycles. The normalized spacial score (nSPS) is 9.75. The van der Waals surface area contributed by atoms with Crippen molar-refractivity contribution in [2.45, 2.75) is 25.7 Å². The first kappa shape index (κ1) is 7.92. The van der Waals surface area contributed by atoms with Gasteiger partial charge in [0.05, 0.1) is 0 Å². The van der Waals surface area contributed by atoms with E-state index in [2.05, 4.69) is 0 Å². The third-order valence-corrected chi connectivity index (χ3v) is 1.11. The molecule has 0 spiro atoms. The fourth-order valence-corrected chi connectivity index (χ4v) is 0.610. The lowest BCUT2D eigenvalue weighted by Gasteiger charge is -1.93. The lowest BCUT2D eigenvalue weighted by Crippen LogP contribution is -1.97. The van der Waals surface area contributed by atoms with Crippen molar-refractivity contribution >= 4 is 0 Å². The fourth-order valence-electron chi connectivity index (χ4n) is 0.610. The first-order valence-corrected chi connectivity index (χ1v) is 3.22. The molecule has 0 aliphatic rings. The average Bonchev–Trinajstić information content (AvgIpc) is 1.81. The Morgan fingerprint density at radius 2 is 1.62 bits per heavy atom. The summed E-state index contributed by atoms with van der Waals surface area (Å²) in [6.07, 6.45) is 4.31. The zero-order valence-corrected chi connectivity index (χ0v) is 5.27. The third kappa shape index (κ3) is 5.92. The molecule has 0 heterocycles. The van der Waals surface area contributed by atoms with E-state index in [1.54, 1.807) is 0 Å². The number of unbranched alkanes of at least 4 members (excludes halogenated alkanes) is 3. The Balaban J connectivity index is 2.53. The summed E-state index contributed by atoms with van der Waals surface area (Å²) >= 11 is 0. The molecule has 0 amide bonds. The Kier molecular flexibility index (Phi) is 6.85. The second kappa shape index (κ2) is 6.92. The summed E-state index contributed by atoms with van der Waals surface area (Å²) in [5.74, 6) is 0. The number of rotatable bonds is 5. The van der Waals surface area contributed by atoms with Crippen LogP contribution in [0.2, 0.25) is 0 Å². The highest BCUT2D eigenvalue weighted by Gasteiger charge is 1.84. The largest absolute Gasteiger partial charge is 0.330 e. The van der Waals surface area contributed by atoms with Gasteiger partial charge in [0, 0.05) is 6.54 Å². The smallest absolute Gasteiger partial charge is 0.0321 e. The van der Waals surface area contributed by atoms with Crippen LogP contribution < -0.4 is 11.5 Å². The van der Waals surface area contributed by atoms with Crippen LogP contribution in [0.3, 0.4) is 0 Å². The van der Waals surface area contributed by atoms with Crippen LogP contribution in [0.15, 0.2) is 0 Å². The summed E-state index contributed by atoms with van der Waals surface area (Å²) in [7, 11) is 0. The Hall–Kier alpha value is -0.0800. The van der Waals surface area contributed by atoms with Gasteiger partial charge in [-0.2, -0.15) is 0 Å². The number of nitrogens with zero attached hydrogens (tertiary/aromatic N) is 1. The van der Waals surface area contributed by atoms with Gasteiger partial charge < -0.3 is 5.73 Å². The molecule has 0 aliphatic heterocycles. The van der Waals surface area contributed by atoms with E-state index >= 15 is 0 Å². The van der Waals surface area contributed by atoms with Crippen molar-refractivity contribution < 1.29 is 0 Å². The lowest BCUT2D eigenvalue weighted by atomic mass is 10.2. The van der Waals surface area contributed by atoms with Crippen molar-refractivity contribution in [2.24, 2.45) is 5.73 Å². The van der Waals surface area contributed by atoms with E-state index in [0.717, 1.165) is 32.2 Å². The molecule has 2 heteroatoms. The van der Waals surface area contributed by atoms with Gasteiger partial charge in [-0.3, -0.25) is 0 Å². The van der Waals surface area contributed by atoms with Gasteiger partial charge in [-0.15, -0.1) is 5.73 Å². The van der Waals surface area contributed by atoms with E-state index in [0.29, 0.717) is 6.54 Å². The zero-order chi connectivity index (χ0) is 6.24. The van der Waals surface area contributed by atoms with Crippen molar-refractivity contribution in [3.05, 3.63) is 0 Å². The maximum absolute atomic E-state index is 8.33. The second-order valence-electron chi connectivity index (χ2n) is 1.93. The zero-order valence-electron chi connectivity index (χ0n) is 5.27. The molecule has 8 heavy (non-hydrogen) atoms. The summed E-state index contributed by atoms with van der Waals surface area (Å²) in [5.41, 5.74) is 13.6. The summed E-state index contributed by atoms with van der Waals surface area (Å²) in [6, 6.07) is 0. The fraction of sp³-hybridized carbons (Fsp3) is 1.00. The number of hydrogen-bond acceptors (Lipinski definition) is 1. The summed E-state index contributed by atoms with van der Waals surface area (Å²) in [6.45, 7) is 1.11. The molecule has 0 saturated carbocycles. The molecule has 0 fully saturated rings. The van der Waals surface area contributed by atoms with Crippen LogP contribution in [0.1, 0.15) is 25.7 Å². The van der Waals surface area contributed by atoms with E-state index in [1.165, 1.54) is 0 Å².